The summed E-state index contributed by atoms with van der Waals surface area (Å²) in [6.45, 7) is 4.33. The third kappa shape index (κ3) is 56.6. The van der Waals surface area contributed by atoms with Gasteiger partial charge in [0.05, 0.1) is 19.8 Å². The smallest absolute Gasteiger partial charge is 0.462 e. The number of aliphatic hydroxyl groups excluding tert-OH is 1. The van der Waals surface area contributed by atoms with Gasteiger partial charge in [-0.05, 0) is 128 Å². The Labute approximate surface area is 475 Å². The second kappa shape index (κ2) is 59.0. The number of aliphatic hydroxyl groups is 1. The number of ether oxygens (including phenoxy) is 3. The molecule has 11 nitrogen and oxygen atoms in total. The van der Waals surface area contributed by atoms with Crippen molar-refractivity contribution in [2.45, 2.75) is 251 Å². The first kappa shape index (κ1) is 73.9. The van der Waals surface area contributed by atoms with Crippen LogP contribution in [0.25, 0.3) is 0 Å². The summed E-state index contributed by atoms with van der Waals surface area (Å²) in [5, 5.41) is 9.84. The van der Waals surface area contributed by atoms with E-state index >= 15 is 0 Å². The molecule has 0 aliphatic heterocycles. The first-order valence-corrected chi connectivity index (χ1v) is 31.9. The molecule has 2 N–H and O–H groups in total. The number of allylic oxidation sites excluding steroid dienone is 20. The molecule has 0 radical (unpaired) electrons. The monoisotopic (exact) mass is 1110 g/mol. The molecule has 444 valence electrons. The average Bonchev–Trinajstić information content (AvgIpc) is 3.43. The lowest BCUT2D eigenvalue weighted by molar-refractivity contribution is -0.161. The van der Waals surface area contributed by atoms with Gasteiger partial charge < -0.3 is 24.2 Å². The van der Waals surface area contributed by atoms with Gasteiger partial charge in [0.15, 0.2) is 6.10 Å². The second-order valence-electron chi connectivity index (χ2n) is 19.7. The lowest BCUT2D eigenvalue weighted by atomic mass is 10.1. The minimum absolute atomic E-state index is 0.141. The Kier molecular flexibility index (Phi) is 55.9. The maximum atomic E-state index is 12.9. The maximum absolute atomic E-state index is 12.9. The first-order chi connectivity index (χ1) is 38.2. The molecule has 0 aliphatic carbocycles. The van der Waals surface area contributed by atoms with Crippen LogP contribution in [-0.2, 0) is 42.2 Å². The van der Waals surface area contributed by atoms with Crippen molar-refractivity contribution in [3.63, 3.8) is 0 Å². The molecule has 0 aromatic heterocycles. The highest BCUT2D eigenvalue weighted by molar-refractivity contribution is 7.47. The maximum Gasteiger partial charge on any atom is 0.472 e. The molecule has 78 heavy (non-hydrogen) atoms. The molecule has 0 rings (SSSR count). The molecule has 3 atom stereocenters. The number of esters is 3. The largest absolute Gasteiger partial charge is 0.472 e. The van der Waals surface area contributed by atoms with Gasteiger partial charge in [0, 0.05) is 19.3 Å². The van der Waals surface area contributed by atoms with Crippen LogP contribution in [0.2, 0.25) is 0 Å². The van der Waals surface area contributed by atoms with Crippen LogP contribution < -0.4 is 0 Å². The van der Waals surface area contributed by atoms with E-state index in [9.17, 15) is 28.9 Å². The van der Waals surface area contributed by atoms with Gasteiger partial charge in [0.1, 0.15) is 12.7 Å². The molecule has 0 aromatic rings. The van der Waals surface area contributed by atoms with Crippen molar-refractivity contribution in [1.29, 1.82) is 0 Å². The minimum atomic E-state index is -4.77. The zero-order valence-corrected chi connectivity index (χ0v) is 50.0. The van der Waals surface area contributed by atoms with Gasteiger partial charge in [-0.3, -0.25) is 23.4 Å². The van der Waals surface area contributed by atoms with Crippen LogP contribution in [0.4, 0.5) is 0 Å². The molecule has 0 amide bonds. The quantitative estimate of drug-likeness (QED) is 0.0197. The standard InChI is InChI=1S/C66H109O11P/c1-4-7-10-13-16-19-22-25-28-30-31-33-36-39-42-45-48-51-54-57-66(70)77-63(59-73-64(68)55-52-49-46-43-40-37-34-27-24-21-18-15-12-9-6-3)61-75-78(71,72)74-60-62(58-67)76-65(69)56-53-50-47-44-41-38-35-32-29-26-23-20-17-14-11-8-5-2/h8-9,11-12,16-21,25-29,31,33-35,38,62-63,67H,4-7,10,13-15,22-24,30,32,36-37,39-61H2,1-3H3,(H,71,72)/b11-8-,12-9-,19-16-,20-17-,21-18-,28-25-,29-26-,33-31-,34-27-,38-35-. The van der Waals surface area contributed by atoms with E-state index in [0.29, 0.717) is 19.3 Å². The molecule has 0 aromatic carbocycles. The van der Waals surface area contributed by atoms with Crippen LogP contribution in [0.5, 0.6) is 0 Å². The molecule has 0 saturated carbocycles. The number of hydrogen-bond donors (Lipinski definition) is 2. The van der Waals surface area contributed by atoms with Crippen LogP contribution in [0, 0.1) is 0 Å². The number of rotatable bonds is 55. The van der Waals surface area contributed by atoms with Crippen LogP contribution >= 0.6 is 7.82 Å². The average molecular weight is 1110 g/mol. The lowest BCUT2D eigenvalue weighted by Gasteiger charge is -2.21. The summed E-state index contributed by atoms with van der Waals surface area (Å²) in [5.41, 5.74) is 0. The molecule has 0 spiro atoms. The number of phosphoric ester groups is 1. The summed E-state index contributed by atoms with van der Waals surface area (Å²) in [6, 6.07) is 0. The molecule has 3 unspecified atom stereocenters. The number of carbonyl (C=O) groups is 3. The Balaban J connectivity index is 4.79. The SMILES string of the molecule is CC/C=C\C/C=C\C/C=C\C/C=C\CCCCCCC(=O)OC(CO)COP(=O)(O)OCC(COC(=O)CCCCCCC/C=C\C/C=C\C/C=C\CC)OC(=O)CCCCCCCC/C=C\C/C=C\C/C=C\CCCCC. The number of hydrogen-bond acceptors (Lipinski definition) is 10. The van der Waals surface area contributed by atoms with Gasteiger partial charge in [0.25, 0.3) is 0 Å². The summed E-state index contributed by atoms with van der Waals surface area (Å²) in [4.78, 5) is 48.7. The van der Waals surface area contributed by atoms with Crippen molar-refractivity contribution in [2.24, 2.45) is 0 Å². The van der Waals surface area contributed by atoms with Gasteiger partial charge in [-0.1, -0.05) is 213 Å². The first-order valence-electron chi connectivity index (χ1n) is 30.4. The fraction of sp³-hybridized carbons (Fsp3) is 0.652. The summed E-state index contributed by atoms with van der Waals surface area (Å²) >= 11 is 0. The highest BCUT2D eigenvalue weighted by Crippen LogP contribution is 2.43. The van der Waals surface area contributed by atoms with Crippen molar-refractivity contribution in [3.8, 4) is 0 Å². The Bertz CT molecular complexity index is 1770. The Hall–Kier alpha value is -4.12. The van der Waals surface area contributed by atoms with Crippen molar-refractivity contribution in [3.05, 3.63) is 122 Å². The van der Waals surface area contributed by atoms with Gasteiger partial charge in [0.2, 0.25) is 0 Å². The number of unbranched alkanes of at least 4 members (excludes halogenated alkanes) is 18. The molecule has 12 heteroatoms. The molecular weight excluding hydrogens is 1000 g/mol. The summed E-state index contributed by atoms with van der Waals surface area (Å²) in [5.74, 6) is -1.53. The van der Waals surface area contributed by atoms with E-state index in [1.807, 2.05) is 0 Å². The molecule has 0 fully saturated rings. The van der Waals surface area contributed by atoms with Gasteiger partial charge in [-0.2, -0.15) is 0 Å². The fourth-order valence-electron chi connectivity index (χ4n) is 7.78. The summed E-state index contributed by atoms with van der Waals surface area (Å²) < 4.78 is 39.6. The highest BCUT2D eigenvalue weighted by atomic mass is 31.2. The van der Waals surface area contributed by atoms with Crippen molar-refractivity contribution in [2.75, 3.05) is 26.4 Å². The van der Waals surface area contributed by atoms with E-state index in [4.69, 9.17) is 23.3 Å². The van der Waals surface area contributed by atoms with Crippen LogP contribution in [-0.4, -0.2) is 66.5 Å². The molecular formula is C66H109O11P. The molecule has 0 saturated heterocycles. The molecule has 0 heterocycles. The fourth-order valence-corrected chi connectivity index (χ4v) is 8.56. The van der Waals surface area contributed by atoms with E-state index in [2.05, 4.69) is 142 Å². The van der Waals surface area contributed by atoms with E-state index < -0.39 is 57.8 Å². The summed E-state index contributed by atoms with van der Waals surface area (Å²) in [6.07, 6.45) is 72.9. The third-order valence-electron chi connectivity index (χ3n) is 12.3. The number of phosphoric acid groups is 1. The normalized spacial score (nSPS) is 14.2. The Morgan fingerprint density at radius 2 is 0.667 bits per heavy atom. The van der Waals surface area contributed by atoms with Crippen molar-refractivity contribution in [1.82, 2.24) is 0 Å². The van der Waals surface area contributed by atoms with E-state index in [-0.39, 0.29) is 25.9 Å². The van der Waals surface area contributed by atoms with Gasteiger partial charge in [-0.15, -0.1) is 0 Å². The van der Waals surface area contributed by atoms with Crippen LogP contribution in [0.1, 0.15) is 239 Å². The third-order valence-corrected chi connectivity index (χ3v) is 13.3. The van der Waals surface area contributed by atoms with Crippen LogP contribution in [0.15, 0.2) is 122 Å². The van der Waals surface area contributed by atoms with Crippen molar-refractivity contribution >= 4 is 25.7 Å². The Morgan fingerprint density at radius 3 is 1.03 bits per heavy atom. The molecule has 0 bridgehead atoms. The van der Waals surface area contributed by atoms with E-state index in [1.165, 1.54) is 25.7 Å². The topological polar surface area (TPSA) is 155 Å². The van der Waals surface area contributed by atoms with Crippen LogP contribution in [0.3, 0.4) is 0 Å². The second-order valence-corrected chi connectivity index (χ2v) is 21.2. The predicted molar refractivity (Wildman–Crippen MR) is 325 cm³/mol. The van der Waals surface area contributed by atoms with E-state index in [0.717, 1.165) is 154 Å². The van der Waals surface area contributed by atoms with E-state index in [1.54, 1.807) is 0 Å². The highest BCUT2D eigenvalue weighted by Gasteiger charge is 2.28. The lowest BCUT2D eigenvalue weighted by Crippen LogP contribution is -2.30. The minimum Gasteiger partial charge on any atom is -0.462 e. The zero-order valence-electron chi connectivity index (χ0n) is 49.1. The van der Waals surface area contributed by atoms with Gasteiger partial charge >= 0.3 is 25.7 Å². The predicted octanol–water partition coefficient (Wildman–Crippen LogP) is 18.4. The molecule has 0 aliphatic rings. The van der Waals surface area contributed by atoms with Crippen molar-refractivity contribution < 1.29 is 52.2 Å². The van der Waals surface area contributed by atoms with Gasteiger partial charge in [-0.25, -0.2) is 4.57 Å². The Morgan fingerprint density at radius 1 is 0.372 bits per heavy atom. The zero-order chi connectivity index (χ0) is 56.9. The summed E-state index contributed by atoms with van der Waals surface area (Å²) in [7, 11) is -4.77. The number of carbonyl (C=O) groups excluding carboxylic acids is 3.